The Kier molecular flexibility index (Phi) is 5.35. The first-order valence-corrected chi connectivity index (χ1v) is 10.5. The molecule has 1 aliphatic rings. The molecule has 2 N–H and O–H groups in total. The molecule has 0 aliphatic carbocycles. The summed E-state index contributed by atoms with van der Waals surface area (Å²) < 4.78 is 10.5. The molecule has 2 unspecified atom stereocenters. The minimum absolute atomic E-state index is 0.105. The average molecular weight is 442 g/mol. The Hall–Kier alpha value is -4.04. The number of fused-ring (bicyclic) bond motifs is 2. The maximum Gasteiger partial charge on any atom is 0.315 e. The van der Waals surface area contributed by atoms with E-state index in [1.165, 1.54) is 14.2 Å². The van der Waals surface area contributed by atoms with E-state index in [1.54, 1.807) is 0 Å². The van der Waals surface area contributed by atoms with Crippen molar-refractivity contribution in [2.45, 2.75) is 5.92 Å². The first-order chi connectivity index (χ1) is 16.1. The van der Waals surface area contributed by atoms with Gasteiger partial charge in [0, 0.05) is 35.7 Å². The Morgan fingerprint density at radius 2 is 1.88 bits per heavy atom. The largest absolute Gasteiger partial charge is 0.468 e. The first kappa shape index (κ1) is 20.8. The van der Waals surface area contributed by atoms with Crippen molar-refractivity contribution < 1.29 is 14.3 Å². The van der Waals surface area contributed by atoms with Gasteiger partial charge < -0.3 is 19.4 Å². The average Bonchev–Trinajstić information content (AvgIpc) is 3.32. The van der Waals surface area contributed by atoms with Crippen LogP contribution in [0.25, 0.3) is 22.3 Å². The molecule has 0 radical (unpaired) electrons. The van der Waals surface area contributed by atoms with E-state index < -0.39 is 17.8 Å². The summed E-state index contributed by atoms with van der Waals surface area (Å²) in [7, 11) is 2.87. The van der Waals surface area contributed by atoms with Crippen molar-refractivity contribution in [1.82, 2.24) is 15.0 Å². The first-order valence-electron chi connectivity index (χ1n) is 10.5. The molecule has 8 nitrogen and oxygen atoms in total. The van der Waals surface area contributed by atoms with Gasteiger partial charge in [-0.15, -0.1) is 0 Å². The third-order valence-electron chi connectivity index (χ3n) is 5.95. The van der Waals surface area contributed by atoms with E-state index in [9.17, 15) is 9.59 Å². The van der Waals surface area contributed by atoms with Crippen LogP contribution in [0.4, 0.5) is 5.82 Å². The lowest BCUT2D eigenvalue weighted by molar-refractivity contribution is -0.143. The second kappa shape index (κ2) is 8.48. The van der Waals surface area contributed by atoms with E-state index in [-0.39, 0.29) is 18.0 Å². The second-order valence-corrected chi connectivity index (χ2v) is 7.82. The standard InChI is InChI=1S/C25H22N4O4/c1-32-13-18-20(25(31)33-2)19(16-9-6-10-17-15(16)11-12-26-17)21-23(27-18)28-22(29-24(21)30)14-7-4-3-5-8-14/h3-12,19-20,26H,13H2,1-2H3,(H,28,29,30). The summed E-state index contributed by atoms with van der Waals surface area (Å²) in [4.78, 5) is 41.9. The maximum atomic E-state index is 13.5. The van der Waals surface area contributed by atoms with Crippen molar-refractivity contribution in [2.24, 2.45) is 10.9 Å². The van der Waals surface area contributed by atoms with Crippen LogP contribution in [0.5, 0.6) is 0 Å². The van der Waals surface area contributed by atoms with Gasteiger partial charge in [-0.1, -0.05) is 42.5 Å². The Labute approximate surface area is 189 Å². The number of benzene rings is 2. The van der Waals surface area contributed by atoms with Crippen LogP contribution in [0.15, 0.2) is 70.6 Å². The Balaban J connectivity index is 1.80. The summed E-state index contributed by atoms with van der Waals surface area (Å²) in [5, 5.41) is 0.910. The number of aromatic amines is 2. The van der Waals surface area contributed by atoms with Crippen molar-refractivity contribution in [3.63, 3.8) is 0 Å². The summed E-state index contributed by atoms with van der Waals surface area (Å²) in [5.41, 5.74) is 2.93. The molecule has 5 rings (SSSR count). The van der Waals surface area contributed by atoms with E-state index >= 15 is 0 Å². The molecule has 33 heavy (non-hydrogen) atoms. The summed E-state index contributed by atoms with van der Waals surface area (Å²) in [6.07, 6.45) is 1.83. The Bertz CT molecular complexity index is 1420. The molecule has 166 valence electrons. The van der Waals surface area contributed by atoms with Gasteiger partial charge in [-0.2, -0.15) is 0 Å². The number of carbonyl (C=O) groups is 1. The maximum absolute atomic E-state index is 13.5. The molecule has 0 amide bonds. The number of ether oxygens (including phenoxy) is 2. The lowest BCUT2D eigenvalue weighted by atomic mass is 9.76. The number of hydrogen-bond donors (Lipinski definition) is 2. The van der Waals surface area contributed by atoms with Gasteiger partial charge >= 0.3 is 5.97 Å². The topological polar surface area (TPSA) is 109 Å². The van der Waals surface area contributed by atoms with Gasteiger partial charge in [0.15, 0.2) is 5.82 Å². The number of nitrogens with zero attached hydrogens (tertiary/aromatic N) is 2. The smallest absolute Gasteiger partial charge is 0.315 e. The van der Waals surface area contributed by atoms with E-state index in [1.807, 2.05) is 60.8 Å². The zero-order valence-electron chi connectivity index (χ0n) is 18.2. The highest BCUT2D eigenvalue weighted by Gasteiger charge is 2.43. The van der Waals surface area contributed by atoms with E-state index in [4.69, 9.17) is 9.47 Å². The highest BCUT2D eigenvalue weighted by atomic mass is 16.5. The van der Waals surface area contributed by atoms with Gasteiger partial charge in [-0.05, 0) is 17.7 Å². The second-order valence-electron chi connectivity index (χ2n) is 7.82. The Morgan fingerprint density at radius 1 is 1.06 bits per heavy atom. The number of aromatic nitrogens is 3. The molecule has 8 heteroatoms. The summed E-state index contributed by atoms with van der Waals surface area (Å²) >= 11 is 0. The van der Waals surface area contributed by atoms with Crippen molar-refractivity contribution in [3.8, 4) is 11.4 Å². The summed E-state index contributed by atoms with van der Waals surface area (Å²) in [5.74, 6) is -1.26. The van der Waals surface area contributed by atoms with E-state index in [2.05, 4.69) is 19.9 Å². The van der Waals surface area contributed by atoms with Gasteiger partial charge in [0.2, 0.25) is 0 Å². The van der Waals surface area contributed by atoms with Crippen LogP contribution in [0.3, 0.4) is 0 Å². The molecular weight excluding hydrogens is 420 g/mol. The predicted molar refractivity (Wildman–Crippen MR) is 125 cm³/mol. The molecule has 2 aromatic heterocycles. The predicted octanol–water partition coefficient (Wildman–Crippen LogP) is 3.57. The molecule has 2 aromatic carbocycles. The van der Waals surface area contributed by atoms with Crippen molar-refractivity contribution in [2.75, 3.05) is 20.8 Å². The molecule has 0 fully saturated rings. The molecule has 0 saturated heterocycles. The van der Waals surface area contributed by atoms with Crippen molar-refractivity contribution >= 4 is 28.4 Å². The van der Waals surface area contributed by atoms with Crippen LogP contribution in [0.1, 0.15) is 17.0 Å². The summed E-state index contributed by atoms with van der Waals surface area (Å²) in [6.45, 7) is 0.105. The molecule has 3 heterocycles. The van der Waals surface area contributed by atoms with Gasteiger partial charge in [-0.3, -0.25) is 9.59 Å². The summed E-state index contributed by atoms with van der Waals surface area (Å²) in [6, 6.07) is 17.1. The van der Waals surface area contributed by atoms with Crippen molar-refractivity contribution in [3.05, 3.63) is 82.3 Å². The lowest BCUT2D eigenvalue weighted by Gasteiger charge is -2.31. The van der Waals surface area contributed by atoms with Crippen LogP contribution in [0, 0.1) is 5.92 Å². The number of esters is 1. The fraction of sp³-hybridized carbons (Fsp3) is 0.200. The van der Waals surface area contributed by atoms with Gasteiger partial charge in [0.25, 0.3) is 5.56 Å². The number of hydrogen-bond acceptors (Lipinski definition) is 6. The lowest BCUT2D eigenvalue weighted by Crippen LogP contribution is -2.39. The molecule has 1 aliphatic heterocycles. The van der Waals surface area contributed by atoms with Crippen LogP contribution < -0.4 is 5.56 Å². The normalized spacial score (nSPS) is 17.5. The van der Waals surface area contributed by atoms with Crippen molar-refractivity contribution in [1.29, 1.82) is 0 Å². The quantitative estimate of drug-likeness (QED) is 0.459. The number of H-pyrrole nitrogens is 2. The number of aliphatic imine (C=N–C) groups is 1. The third-order valence-corrected chi connectivity index (χ3v) is 5.95. The number of carbonyl (C=O) groups excluding carboxylic acids is 1. The van der Waals surface area contributed by atoms with E-state index in [0.717, 1.165) is 22.0 Å². The highest BCUT2D eigenvalue weighted by molar-refractivity contribution is 6.07. The minimum atomic E-state index is -0.826. The fourth-order valence-corrected chi connectivity index (χ4v) is 4.52. The van der Waals surface area contributed by atoms with Crippen LogP contribution >= 0.6 is 0 Å². The molecule has 0 saturated carbocycles. The molecular formula is C25H22N4O4. The third kappa shape index (κ3) is 3.54. The van der Waals surface area contributed by atoms with Crippen LogP contribution in [-0.2, 0) is 14.3 Å². The van der Waals surface area contributed by atoms with E-state index in [0.29, 0.717) is 17.1 Å². The minimum Gasteiger partial charge on any atom is -0.468 e. The number of methoxy groups -OCH3 is 2. The zero-order chi connectivity index (χ0) is 22.9. The van der Waals surface area contributed by atoms with Gasteiger partial charge in [0.1, 0.15) is 11.7 Å². The van der Waals surface area contributed by atoms with Crippen LogP contribution in [0.2, 0.25) is 0 Å². The molecule has 4 aromatic rings. The molecule has 0 bridgehead atoms. The molecule has 0 spiro atoms. The highest BCUT2D eigenvalue weighted by Crippen LogP contribution is 2.43. The van der Waals surface area contributed by atoms with Gasteiger partial charge in [0.05, 0.1) is 25.0 Å². The Morgan fingerprint density at radius 3 is 2.64 bits per heavy atom. The fourth-order valence-electron chi connectivity index (χ4n) is 4.52. The molecule has 2 atom stereocenters. The van der Waals surface area contributed by atoms with Crippen LogP contribution in [-0.4, -0.2) is 47.5 Å². The number of rotatable bonds is 5. The zero-order valence-corrected chi connectivity index (χ0v) is 18.2. The SMILES string of the molecule is COCC1=Nc2nc(-c3ccccc3)[nH]c(=O)c2C(c2cccc3[nH]ccc23)C1C(=O)OC. The van der Waals surface area contributed by atoms with Gasteiger partial charge in [-0.25, -0.2) is 9.98 Å². The monoisotopic (exact) mass is 442 g/mol. The number of nitrogens with one attached hydrogen (secondary N) is 2.